The maximum absolute atomic E-state index is 13.1. The fourth-order valence-electron chi connectivity index (χ4n) is 4.30. The van der Waals surface area contributed by atoms with Gasteiger partial charge in [0.05, 0.1) is 24.5 Å². The van der Waals surface area contributed by atoms with E-state index in [0.29, 0.717) is 55.5 Å². The van der Waals surface area contributed by atoms with Crippen molar-refractivity contribution in [2.24, 2.45) is 0 Å². The van der Waals surface area contributed by atoms with Gasteiger partial charge in [-0.1, -0.05) is 6.07 Å². The maximum atomic E-state index is 13.1. The van der Waals surface area contributed by atoms with E-state index in [4.69, 9.17) is 4.74 Å². The molecule has 1 aromatic carbocycles. The number of aryl methyl sites for hydroxylation is 1. The second-order valence-corrected chi connectivity index (χ2v) is 8.67. The maximum Gasteiger partial charge on any atom is 0.257 e. The van der Waals surface area contributed by atoms with E-state index in [9.17, 15) is 9.59 Å². The van der Waals surface area contributed by atoms with Crippen LogP contribution in [-0.2, 0) is 4.74 Å². The first-order valence-electron chi connectivity index (χ1n) is 11.2. The average Bonchev–Trinajstić information content (AvgIpc) is 2.83. The fourth-order valence-corrected chi connectivity index (χ4v) is 4.30. The van der Waals surface area contributed by atoms with Gasteiger partial charge in [0.1, 0.15) is 5.82 Å². The molecule has 1 atom stereocenters. The summed E-state index contributed by atoms with van der Waals surface area (Å²) in [6.07, 6.45) is 3.48. The van der Waals surface area contributed by atoms with Gasteiger partial charge in [-0.2, -0.15) is 0 Å². The molecule has 4 rings (SSSR count). The number of carbonyl (C=O) groups excluding carboxylic acids is 2. The topological polar surface area (TPSA) is 78.9 Å². The quantitative estimate of drug-likeness (QED) is 0.731. The molecule has 0 spiro atoms. The number of anilines is 1. The monoisotopic (exact) mass is 437 g/mol. The number of carbonyl (C=O) groups is 2. The molecule has 0 saturated carbocycles. The van der Waals surface area contributed by atoms with Gasteiger partial charge in [0.15, 0.2) is 0 Å². The summed E-state index contributed by atoms with van der Waals surface area (Å²) in [5.74, 6) is 0.768. The standard InChI is InChI=1S/C24H31N5O3/c1-17-21(24(31)28-10-12-32-13-11-28)15-25-22(26-17)19-7-5-9-29(16-19)23(30)18-6-4-8-20(14-18)27(2)3/h4,6,8,14-15,19H,5,7,9-13,16H2,1-3H3. The third-order valence-electron chi connectivity index (χ3n) is 6.21. The lowest BCUT2D eigenvalue weighted by molar-refractivity contribution is 0.0301. The van der Waals surface area contributed by atoms with Crippen LogP contribution >= 0.6 is 0 Å². The number of piperidine rings is 1. The number of benzene rings is 1. The van der Waals surface area contributed by atoms with E-state index in [2.05, 4.69) is 9.97 Å². The van der Waals surface area contributed by atoms with E-state index < -0.39 is 0 Å². The molecule has 0 aliphatic carbocycles. The highest BCUT2D eigenvalue weighted by atomic mass is 16.5. The molecule has 170 valence electrons. The Bertz CT molecular complexity index is 987. The molecular weight excluding hydrogens is 406 g/mol. The Morgan fingerprint density at radius 2 is 1.88 bits per heavy atom. The molecule has 1 aromatic heterocycles. The number of morpholine rings is 1. The summed E-state index contributed by atoms with van der Waals surface area (Å²) in [4.78, 5) is 40.9. The van der Waals surface area contributed by atoms with Crippen molar-refractivity contribution in [2.45, 2.75) is 25.7 Å². The number of aromatic nitrogens is 2. The zero-order chi connectivity index (χ0) is 22.7. The van der Waals surface area contributed by atoms with Gasteiger partial charge in [-0.25, -0.2) is 9.97 Å². The molecule has 2 aliphatic heterocycles. The first-order valence-corrected chi connectivity index (χ1v) is 11.2. The molecule has 0 bridgehead atoms. The largest absolute Gasteiger partial charge is 0.378 e. The van der Waals surface area contributed by atoms with E-state index >= 15 is 0 Å². The molecular formula is C24H31N5O3. The summed E-state index contributed by atoms with van der Waals surface area (Å²) in [5.41, 5.74) is 2.93. The summed E-state index contributed by atoms with van der Waals surface area (Å²) in [6.45, 7) is 5.48. The number of hydrogen-bond donors (Lipinski definition) is 0. The van der Waals surface area contributed by atoms with E-state index in [1.165, 1.54) is 0 Å². The molecule has 2 aromatic rings. The normalized spacial score (nSPS) is 19.0. The van der Waals surface area contributed by atoms with Crippen LogP contribution in [0.25, 0.3) is 0 Å². The number of hydrogen-bond acceptors (Lipinski definition) is 6. The van der Waals surface area contributed by atoms with Crippen LogP contribution in [0, 0.1) is 6.92 Å². The minimum atomic E-state index is -0.0430. The average molecular weight is 438 g/mol. The second-order valence-electron chi connectivity index (χ2n) is 8.67. The van der Waals surface area contributed by atoms with Crippen LogP contribution in [0.5, 0.6) is 0 Å². The van der Waals surface area contributed by atoms with E-state index in [-0.39, 0.29) is 17.7 Å². The first-order chi connectivity index (χ1) is 15.4. The van der Waals surface area contributed by atoms with Crippen LogP contribution in [0.3, 0.4) is 0 Å². The van der Waals surface area contributed by atoms with Gasteiger partial charge in [-0.3, -0.25) is 9.59 Å². The Morgan fingerprint density at radius 1 is 1.09 bits per heavy atom. The predicted molar refractivity (Wildman–Crippen MR) is 122 cm³/mol. The Balaban J connectivity index is 1.47. The predicted octanol–water partition coefficient (Wildman–Crippen LogP) is 2.34. The lowest BCUT2D eigenvalue weighted by Crippen LogP contribution is -2.41. The van der Waals surface area contributed by atoms with Crippen molar-refractivity contribution < 1.29 is 14.3 Å². The number of ether oxygens (including phenoxy) is 1. The van der Waals surface area contributed by atoms with Crippen molar-refractivity contribution in [3.05, 3.63) is 53.1 Å². The lowest BCUT2D eigenvalue weighted by Gasteiger charge is -2.32. The molecule has 8 heteroatoms. The highest BCUT2D eigenvalue weighted by Crippen LogP contribution is 2.27. The van der Waals surface area contributed by atoms with Gasteiger partial charge in [0.2, 0.25) is 0 Å². The summed E-state index contributed by atoms with van der Waals surface area (Å²) >= 11 is 0. The Kier molecular flexibility index (Phi) is 6.69. The summed E-state index contributed by atoms with van der Waals surface area (Å²) in [5, 5.41) is 0. The highest BCUT2D eigenvalue weighted by molar-refractivity contribution is 5.95. The van der Waals surface area contributed by atoms with E-state index in [1.54, 1.807) is 11.1 Å². The SMILES string of the molecule is Cc1nc(C2CCCN(C(=O)c3cccc(N(C)C)c3)C2)ncc1C(=O)N1CCOCC1. The zero-order valence-electron chi connectivity index (χ0n) is 19.1. The van der Waals surface area contributed by atoms with Crippen LogP contribution in [0.15, 0.2) is 30.5 Å². The van der Waals surface area contributed by atoms with Gasteiger partial charge < -0.3 is 19.4 Å². The van der Waals surface area contributed by atoms with Crippen LogP contribution < -0.4 is 4.90 Å². The van der Waals surface area contributed by atoms with Crippen molar-refractivity contribution >= 4 is 17.5 Å². The first kappa shape index (κ1) is 22.2. The summed E-state index contributed by atoms with van der Waals surface area (Å²) in [7, 11) is 3.93. The Labute approximate surface area is 189 Å². The van der Waals surface area contributed by atoms with Crippen molar-refractivity contribution in [2.75, 3.05) is 58.4 Å². The number of nitrogens with zero attached hydrogens (tertiary/aromatic N) is 5. The van der Waals surface area contributed by atoms with Crippen molar-refractivity contribution in [3.8, 4) is 0 Å². The minimum absolute atomic E-state index is 0.0363. The van der Waals surface area contributed by atoms with Crippen LogP contribution in [0.4, 0.5) is 5.69 Å². The molecule has 2 aliphatic rings. The molecule has 2 fully saturated rings. The molecule has 1 unspecified atom stereocenters. The molecule has 0 radical (unpaired) electrons. The second kappa shape index (κ2) is 9.65. The summed E-state index contributed by atoms with van der Waals surface area (Å²) < 4.78 is 5.33. The molecule has 3 heterocycles. The highest BCUT2D eigenvalue weighted by Gasteiger charge is 2.28. The van der Waals surface area contributed by atoms with Crippen molar-refractivity contribution in [1.82, 2.24) is 19.8 Å². The number of rotatable bonds is 4. The molecule has 32 heavy (non-hydrogen) atoms. The minimum Gasteiger partial charge on any atom is -0.378 e. The molecule has 8 nitrogen and oxygen atoms in total. The van der Waals surface area contributed by atoms with E-state index in [0.717, 1.165) is 25.1 Å². The zero-order valence-corrected chi connectivity index (χ0v) is 19.1. The lowest BCUT2D eigenvalue weighted by atomic mass is 9.96. The third-order valence-corrected chi connectivity index (χ3v) is 6.21. The molecule has 2 saturated heterocycles. The van der Waals surface area contributed by atoms with Gasteiger partial charge in [0.25, 0.3) is 11.8 Å². The molecule has 2 amide bonds. The van der Waals surface area contributed by atoms with Crippen molar-refractivity contribution in [1.29, 1.82) is 0 Å². The number of likely N-dealkylation sites (tertiary alicyclic amines) is 1. The van der Waals surface area contributed by atoms with Gasteiger partial charge >= 0.3 is 0 Å². The smallest absolute Gasteiger partial charge is 0.257 e. The van der Waals surface area contributed by atoms with Crippen LogP contribution in [-0.4, -0.2) is 85.1 Å². The van der Waals surface area contributed by atoms with Gasteiger partial charge in [-0.05, 0) is 38.0 Å². The van der Waals surface area contributed by atoms with Crippen molar-refractivity contribution in [3.63, 3.8) is 0 Å². The fraction of sp³-hybridized carbons (Fsp3) is 0.500. The Hall–Kier alpha value is -3.00. The van der Waals surface area contributed by atoms with Gasteiger partial charge in [0, 0.05) is 63.6 Å². The summed E-state index contributed by atoms with van der Waals surface area (Å²) in [6, 6.07) is 7.71. The van der Waals surface area contributed by atoms with Crippen LogP contribution in [0.2, 0.25) is 0 Å². The Morgan fingerprint density at radius 3 is 2.59 bits per heavy atom. The third kappa shape index (κ3) is 4.75. The van der Waals surface area contributed by atoms with E-state index in [1.807, 2.05) is 55.1 Å². The van der Waals surface area contributed by atoms with Gasteiger partial charge in [-0.15, -0.1) is 0 Å². The number of amides is 2. The van der Waals surface area contributed by atoms with Crippen LogP contribution in [0.1, 0.15) is 51.0 Å². The molecule has 0 N–H and O–H groups in total.